The van der Waals surface area contributed by atoms with E-state index in [4.69, 9.17) is 4.65 Å². The number of rotatable bonds is 7. The zero-order chi connectivity index (χ0) is 31.1. The summed E-state index contributed by atoms with van der Waals surface area (Å²) in [5.74, 6) is -1.24. The molecule has 4 aromatic carbocycles. The lowest BCUT2D eigenvalue weighted by atomic mass is 9.58. The van der Waals surface area contributed by atoms with Crippen LogP contribution in [0.2, 0.25) is 6.32 Å². The van der Waals surface area contributed by atoms with Crippen molar-refractivity contribution in [2.45, 2.75) is 45.0 Å². The number of anilines is 1. The monoisotopic (exact) mass is 597 g/mol. The number of imide groups is 1. The van der Waals surface area contributed by atoms with E-state index in [0.717, 1.165) is 39.5 Å². The van der Waals surface area contributed by atoms with E-state index in [1.54, 1.807) is 18.2 Å². The first kappa shape index (κ1) is 29.3. The van der Waals surface area contributed by atoms with Crippen molar-refractivity contribution in [2.24, 2.45) is 17.8 Å². The SMILES string of the molecule is CCC1=C2[C@@H](CC/C(=C/c3ccc(O)c4ccccc34)c3ccccc3)OB(O)C[C@@H]2[C@@H]2C(=O)N(c3ccccc3)C(=O)[C@@H]2C1. The van der Waals surface area contributed by atoms with Crippen LogP contribution in [-0.2, 0) is 14.2 Å². The van der Waals surface area contributed by atoms with E-state index >= 15 is 0 Å². The Hall–Kier alpha value is -4.46. The van der Waals surface area contributed by atoms with Crippen LogP contribution in [0.4, 0.5) is 5.69 Å². The number of nitrogens with zero attached hydrogens (tertiary/aromatic N) is 1. The van der Waals surface area contributed by atoms with E-state index in [1.165, 1.54) is 10.5 Å². The van der Waals surface area contributed by atoms with E-state index in [2.05, 4.69) is 25.1 Å². The molecule has 0 unspecified atom stereocenters. The molecule has 2 amide bonds. The van der Waals surface area contributed by atoms with Gasteiger partial charge in [0.15, 0.2) is 0 Å². The topological polar surface area (TPSA) is 87.1 Å². The van der Waals surface area contributed by atoms with Gasteiger partial charge in [0, 0.05) is 5.39 Å². The summed E-state index contributed by atoms with van der Waals surface area (Å²) in [6.45, 7) is 2.10. The number of amides is 2. The minimum absolute atomic E-state index is 0.144. The fourth-order valence-electron chi connectivity index (χ4n) is 7.79. The molecule has 3 aliphatic rings. The van der Waals surface area contributed by atoms with E-state index in [9.17, 15) is 19.7 Å². The van der Waals surface area contributed by atoms with Crippen LogP contribution in [0.15, 0.2) is 108 Å². The number of fused-ring (bicyclic) bond motifs is 4. The molecular weight excluding hydrogens is 561 g/mol. The summed E-state index contributed by atoms with van der Waals surface area (Å²) in [5.41, 5.74) is 6.08. The second-order valence-corrected chi connectivity index (χ2v) is 12.3. The zero-order valence-electron chi connectivity index (χ0n) is 25.3. The molecule has 2 fully saturated rings. The fourth-order valence-corrected chi connectivity index (χ4v) is 7.79. The maximum absolute atomic E-state index is 13.9. The minimum Gasteiger partial charge on any atom is -0.507 e. The van der Waals surface area contributed by atoms with Crippen molar-refractivity contribution in [3.8, 4) is 5.75 Å². The van der Waals surface area contributed by atoms with Gasteiger partial charge in [0.1, 0.15) is 5.75 Å². The van der Waals surface area contributed by atoms with Gasteiger partial charge >= 0.3 is 7.12 Å². The molecule has 226 valence electrons. The van der Waals surface area contributed by atoms with Crippen LogP contribution in [0.5, 0.6) is 5.75 Å². The van der Waals surface area contributed by atoms with E-state index in [1.807, 2.05) is 66.7 Å². The number of aromatic hydroxyl groups is 1. The fraction of sp³-hybridized carbons (Fsp3) is 0.263. The van der Waals surface area contributed by atoms with Gasteiger partial charge in [-0.3, -0.25) is 14.5 Å². The van der Waals surface area contributed by atoms with Crippen LogP contribution in [0.1, 0.15) is 43.7 Å². The molecule has 2 N–H and O–H groups in total. The maximum Gasteiger partial charge on any atom is 0.455 e. The molecule has 0 saturated carbocycles. The summed E-state index contributed by atoms with van der Waals surface area (Å²) in [6.07, 6.45) is 4.70. The minimum atomic E-state index is -1.01. The Balaban J connectivity index is 1.23. The predicted octanol–water partition coefficient (Wildman–Crippen LogP) is 7.28. The Morgan fingerprint density at radius 2 is 1.58 bits per heavy atom. The van der Waals surface area contributed by atoms with Crippen molar-refractivity contribution in [1.82, 2.24) is 0 Å². The molecule has 4 aromatic rings. The first-order valence-electron chi connectivity index (χ1n) is 15.9. The van der Waals surface area contributed by atoms with Crippen molar-refractivity contribution in [1.29, 1.82) is 0 Å². The largest absolute Gasteiger partial charge is 0.507 e. The van der Waals surface area contributed by atoms with E-state index in [0.29, 0.717) is 31.3 Å². The number of allylic oxidation sites excluding steroid dienone is 2. The third-order valence-electron chi connectivity index (χ3n) is 9.83. The van der Waals surface area contributed by atoms with Gasteiger partial charge in [0.05, 0.1) is 23.6 Å². The molecule has 1 aliphatic carbocycles. The summed E-state index contributed by atoms with van der Waals surface area (Å²) in [5, 5.41) is 23.2. The van der Waals surface area contributed by atoms with E-state index in [-0.39, 0.29) is 29.6 Å². The average Bonchev–Trinajstić information content (AvgIpc) is 3.33. The molecule has 0 radical (unpaired) electrons. The van der Waals surface area contributed by atoms with Gasteiger partial charge in [0.2, 0.25) is 11.8 Å². The van der Waals surface area contributed by atoms with Crippen molar-refractivity contribution in [3.05, 3.63) is 119 Å². The van der Waals surface area contributed by atoms with Crippen LogP contribution < -0.4 is 4.90 Å². The Labute approximate surface area is 263 Å². The summed E-state index contributed by atoms with van der Waals surface area (Å²) in [7, 11) is -1.01. The number of para-hydroxylation sites is 1. The second kappa shape index (κ2) is 12.1. The molecular formula is C38H36BNO5. The van der Waals surface area contributed by atoms with Crippen LogP contribution in [0.3, 0.4) is 0 Å². The Morgan fingerprint density at radius 3 is 2.31 bits per heavy atom. The lowest BCUT2D eigenvalue weighted by Crippen LogP contribution is -2.46. The number of hydrogen-bond donors (Lipinski definition) is 2. The molecule has 4 atom stereocenters. The van der Waals surface area contributed by atoms with Gasteiger partial charge in [-0.25, -0.2) is 0 Å². The molecule has 2 aliphatic heterocycles. The van der Waals surface area contributed by atoms with Crippen molar-refractivity contribution in [2.75, 3.05) is 4.90 Å². The molecule has 0 spiro atoms. The number of phenols is 1. The third-order valence-corrected chi connectivity index (χ3v) is 9.83. The van der Waals surface area contributed by atoms with Gasteiger partial charge in [-0.1, -0.05) is 97.4 Å². The molecule has 7 heteroatoms. The van der Waals surface area contributed by atoms with Gasteiger partial charge in [-0.15, -0.1) is 0 Å². The van der Waals surface area contributed by atoms with Crippen LogP contribution in [-0.4, -0.2) is 35.2 Å². The lowest BCUT2D eigenvalue weighted by molar-refractivity contribution is -0.122. The summed E-state index contributed by atoms with van der Waals surface area (Å²) < 4.78 is 6.26. The molecule has 0 bridgehead atoms. The molecule has 6 nitrogen and oxygen atoms in total. The van der Waals surface area contributed by atoms with Gasteiger partial charge in [0.25, 0.3) is 0 Å². The van der Waals surface area contributed by atoms with Gasteiger partial charge in [-0.05, 0) is 83.8 Å². The van der Waals surface area contributed by atoms with Crippen LogP contribution in [0.25, 0.3) is 22.4 Å². The molecule has 2 heterocycles. The van der Waals surface area contributed by atoms with Crippen LogP contribution in [0, 0.1) is 17.8 Å². The predicted molar refractivity (Wildman–Crippen MR) is 178 cm³/mol. The molecule has 45 heavy (non-hydrogen) atoms. The Bertz CT molecular complexity index is 1820. The highest BCUT2D eigenvalue weighted by Crippen LogP contribution is 2.52. The highest BCUT2D eigenvalue weighted by molar-refractivity contribution is 6.43. The molecule has 7 rings (SSSR count). The summed E-state index contributed by atoms with van der Waals surface area (Å²) in [4.78, 5) is 29.0. The first-order valence-corrected chi connectivity index (χ1v) is 15.9. The van der Waals surface area contributed by atoms with Gasteiger partial charge in [-0.2, -0.15) is 0 Å². The number of benzene rings is 4. The highest BCUT2D eigenvalue weighted by Gasteiger charge is 2.57. The average molecular weight is 598 g/mol. The van der Waals surface area contributed by atoms with Crippen molar-refractivity contribution in [3.63, 3.8) is 0 Å². The van der Waals surface area contributed by atoms with Crippen molar-refractivity contribution < 1.29 is 24.4 Å². The third kappa shape index (κ3) is 5.30. The number of carbonyl (C=O) groups excluding carboxylic acids is 2. The summed E-state index contributed by atoms with van der Waals surface area (Å²) in [6, 6.07) is 30.9. The second-order valence-electron chi connectivity index (χ2n) is 12.3. The smallest absolute Gasteiger partial charge is 0.455 e. The quantitative estimate of drug-likeness (QED) is 0.101. The van der Waals surface area contributed by atoms with Crippen LogP contribution >= 0.6 is 0 Å². The normalized spacial score (nSPS) is 23.5. The summed E-state index contributed by atoms with van der Waals surface area (Å²) >= 11 is 0. The zero-order valence-corrected chi connectivity index (χ0v) is 25.3. The van der Waals surface area contributed by atoms with E-state index < -0.39 is 19.0 Å². The number of phenolic OH excluding ortho intramolecular Hbond substituents is 1. The molecule has 0 aromatic heterocycles. The number of carbonyl (C=O) groups is 2. The first-order chi connectivity index (χ1) is 21.9. The standard InChI is InChI=1S/C38H36BNO5/c1-2-24-22-31-36(38(43)40(37(31)42)28-13-7-4-8-14-28)32-23-39(44)45-34(35(24)32)20-18-26(25-11-5-3-6-12-25)21-27-17-19-33(41)30-16-10-9-15-29(27)30/h3-17,19,21,31-32,34,36,41,44H,2,18,20,22-23H2,1H3/b26-21-/t31-,32+,34-,36-/m1/s1. The maximum atomic E-state index is 13.9. The highest BCUT2D eigenvalue weighted by atomic mass is 16.5. The molecule has 2 saturated heterocycles. The Morgan fingerprint density at radius 1 is 0.889 bits per heavy atom. The Kier molecular flexibility index (Phi) is 7.90. The number of hydrogen-bond acceptors (Lipinski definition) is 5. The van der Waals surface area contributed by atoms with Crippen molar-refractivity contribution >= 4 is 47.0 Å². The van der Waals surface area contributed by atoms with Gasteiger partial charge < -0.3 is 14.8 Å². The lowest BCUT2D eigenvalue weighted by Gasteiger charge is -2.43.